The topological polar surface area (TPSA) is 66.5 Å². The van der Waals surface area contributed by atoms with Crippen LogP contribution in [0.2, 0.25) is 0 Å². The van der Waals surface area contributed by atoms with Gasteiger partial charge in [0.2, 0.25) is 10.0 Å². The highest BCUT2D eigenvalue weighted by Gasteiger charge is 2.61. The molecule has 3 fully saturated rings. The Bertz CT molecular complexity index is 831. The molecule has 1 aromatic rings. The van der Waals surface area contributed by atoms with Crippen LogP contribution in [0.25, 0.3) is 0 Å². The molecule has 0 spiro atoms. The lowest BCUT2D eigenvalue weighted by Crippen LogP contribution is -2.46. The van der Waals surface area contributed by atoms with Crippen LogP contribution in [0, 0.1) is 16.7 Å². The van der Waals surface area contributed by atoms with Crippen LogP contribution in [0.5, 0.6) is 0 Å². The highest BCUT2D eigenvalue weighted by atomic mass is 32.2. The molecule has 2 saturated carbocycles. The molecular formula is C20H28N2O3S. The van der Waals surface area contributed by atoms with Crippen LogP contribution < -0.4 is 9.62 Å². The molecule has 3 aliphatic rings. The van der Waals surface area contributed by atoms with Gasteiger partial charge in [-0.15, -0.1) is 0 Å². The number of carbonyl (C=O) groups is 1. The number of hydrogen-bond acceptors (Lipinski definition) is 3. The normalized spacial score (nSPS) is 34.2. The SMILES string of the molecule is CC1(C)C2CCC1(C)C(NC(=O)c1ccc(N3CCCS3(=O)=O)cc1)C2. The van der Waals surface area contributed by atoms with Gasteiger partial charge in [0.1, 0.15) is 0 Å². The van der Waals surface area contributed by atoms with Gasteiger partial charge >= 0.3 is 0 Å². The fourth-order valence-corrected chi connectivity index (χ4v) is 6.94. The summed E-state index contributed by atoms with van der Waals surface area (Å²) in [4.78, 5) is 12.7. The second kappa shape index (κ2) is 5.72. The molecule has 1 aliphatic heterocycles. The number of anilines is 1. The number of nitrogens with one attached hydrogen (secondary N) is 1. The van der Waals surface area contributed by atoms with Gasteiger partial charge in [-0.05, 0) is 66.7 Å². The molecule has 0 aromatic heterocycles. The molecule has 0 radical (unpaired) electrons. The average molecular weight is 377 g/mol. The van der Waals surface area contributed by atoms with Crippen molar-refractivity contribution in [3.05, 3.63) is 29.8 Å². The molecular weight excluding hydrogens is 348 g/mol. The molecule has 6 heteroatoms. The largest absolute Gasteiger partial charge is 0.349 e. The van der Waals surface area contributed by atoms with E-state index in [1.54, 1.807) is 24.3 Å². The molecule has 2 bridgehead atoms. The second-order valence-corrected chi connectivity index (χ2v) is 10.9. The van der Waals surface area contributed by atoms with Gasteiger partial charge < -0.3 is 5.32 Å². The Morgan fingerprint density at radius 1 is 1.19 bits per heavy atom. The Hall–Kier alpha value is -1.56. The molecule has 142 valence electrons. The molecule has 1 saturated heterocycles. The Kier molecular flexibility index (Phi) is 3.92. The van der Waals surface area contributed by atoms with Crippen molar-refractivity contribution < 1.29 is 13.2 Å². The zero-order valence-corrected chi connectivity index (χ0v) is 16.6. The fourth-order valence-electron chi connectivity index (χ4n) is 5.37. The predicted octanol–water partition coefficient (Wildman–Crippen LogP) is 3.17. The summed E-state index contributed by atoms with van der Waals surface area (Å²) >= 11 is 0. The first kappa shape index (κ1) is 17.8. The van der Waals surface area contributed by atoms with Crippen molar-refractivity contribution in [1.29, 1.82) is 0 Å². The maximum absolute atomic E-state index is 12.7. The minimum atomic E-state index is -3.19. The van der Waals surface area contributed by atoms with E-state index >= 15 is 0 Å². The van der Waals surface area contributed by atoms with Crippen molar-refractivity contribution in [2.24, 2.45) is 16.7 Å². The van der Waals surface area contributed by atoms with E-state index in [1.165, 1.54) is 17.1 Å². The standard InChI is InChI=1S/C20H28N2O3S/c1-19(2)15-9-10-20(19,3)17(13-15)21-18(23)14-5-7-16(8-6-14)22-11-4-12-26(22,24)25/h5-8,15,17H,4,9-13H2,1-3H3,(H,21,23). The van der Waals surface area contributed by atoms with Crippen LogP contribution in [0.15, 0.2) is 24.3 Å². The van der Waals surface area contributed by atoms with E-state index in [0.717, 1.165) is 6.42 Å². The Labute approximate surface area is 156 Å². The lowest BCUT2D eigenvalue weighted by molar-refractivity contribution is 0.0826. The number of sulfonamides is 1. The van der Waals surface area contributed by atoms with Gasteiger partial charge in [-0.25, -0.2) is 8.42 Å². The molecule has 3 atom stereocenters. The van der Waals surface area contributed by atoms with Crippen LogP contribution in [0.4, 0.5) is 5.69 Å². The molecule has 1 heterocycles. The van der Waals surface area contributed by atoms with E-state index in [1.807, 2.05) is 0 Å². The van der Waals surface area contributed by atoms with Gasteiger partial charge in [-0.2, -0.15) is 0 Å². The summed E-state index contributed by atoms with van der Waals surface area (Å²) in [6.07, 6.45) is 4.14. The van der Waals surface area contributed by atoms with Crippen molar-refractivity contribution in [3.8, 4) is 0 Å². The molecule has 3 unspecified atom stereocenters. The van der Waals surface area contributed by atoms with Crippen molar-refractivity contribution >= 4 is 21.6 Å². The van der Waals surface area contributed by atoms with Gasteiger partial charge in [0.05, 0.1) is 11.4 Å². The summed E-state index contributed by atoms with van der Waals surface area (Å²) in [5, 5.41) is 3.26. The monoisotopic (exact) mass is 376 g/mol. The molecule has 26 heavy (non-hydrogen) atoms. The van der Waals surface area contributed by atoms with Gasteiger partial charge in [0.25, 0.3) is 5.91 Å². The highest BCUT2D eigenvalue weighted by Crippen LogP contribution is 2.65. The van der Waals surface area contributed by atoms with Gasteiger partial charge in [-0.3, -0.25) is 9.10 Å². The molecule has 5 nitrogen and oxygen atoms in total. The smallest absolute Gasteiger partial charge is 0.251 e. The maximum Gasteiger partial charge on any atom is 0.251 e. The van der Waals surface area contributed by atoms with Crippen LogP contribution in [-0.2, 0) is 10.0 Å². The van der Waals surface area contributed by atoms with E-state index in [-0.39, 0.29) is 28.5 Å². The van der Waals surface area contributed by atoms with Crippen LogP contribution in [0.1, 0.15) is 56.8 Å². The lowest BCUT2D eigenvalue weighted by atomic mass is 9.69. The zero-order valence-electron chi connectivity index (χ0n) is 15.8. The van der Waals surface area contributed by atoms with E-state index in [4.69, 9.17) is 0 Å². The summed E-state index contributed by atoms with van der Waals surface area (Å²) in [6, 6.07) is 7.16. The van der Waals surface area contributed by atoms with Gasteiger partial charge in [0.15, 0.2) is 0 Å². The zero-order chi connectivity index (χ0) is 18.7. The first-order valence-electron chi connectivity index (χ1n) is 9.56. The molecule has 1 aromatic carbocycles. The predicted molar refractivity (Wildman–Crippen MR) is 103 cm³/mol. The number of nitrogens with zero attached hydrogens (tertiary/aromatic N) is 1. The quantitative estimate of drug-likeness (QED) is 0.881. The Balaban J connectivity index is 1.48. The minimum Gasteiger partial charge on any atom is -0.349 e. The van der Waals surface area contributed by atoms with E-state index in [0.29, 0.717) is 30.1 Å². The number of rotatable bonds is 3. The molecule has 1 amide bonds. The van der Waals surface area contributed by atoms with E-state index < -0.39 is 10.0 Å². The minimum absolute atomic E-state index is 0.0598. The third-order valence-corrected chi connectivity index (χ3v) is 9.49. The molecule has 4 rings (SSSR count). The summed E-state index contributed by atoms with van der Waals surface area (Å²) < 4.78 is 25.5. The molecule has 2 aliphatic carbocycles. The van der Waals surface area contributed by atoms with Crippen molar-refractivity contribution in [2.75, 3.05) is 16.6 Å². The first-order chi connectivity index (χ1) is 12.1. The Morgan fingerprint density at radius 2 is 1.88 bits per heavy atom. The average Bonchev–Trinajstić information content (AvgIpc) is 3.11. The third kappa shape index (κ3) is 2.48. The number of benzene rings is 1. The number of carbonyl (C=O) groups excluding carboxylic acids is 1. The van der Waals surface area contributed by atoms with Gasteiger partial charge in [-0.1, -0.05) is 20.8 Å². The molecule has 1 N–H and O–H groups in total. The van der Waals surface area contributed by atoms with Crippen molar-refractivity contribution in [2.45, 2.75) is 52.5 Å². The van der Waals surface area contributed by atoms with Crippen LogP contribution in [0.3, 0.4) is 0 Å². The van der Waals surface area contributed by atoms with Crippen molar-refractivity contribution in [3.63, 3.8) is 0 Å². The van der Waals surface area contributed by atoms with Gasteiger partial charge in [0, 0.05) is 18.2 Å². The third-order valence-electron chi connectivity index (χ3n) is 7.62. The number of hydrogen-bond donors (Lipinski definition) is 1. The Morgan fingerprint density at radius 3 is 2.38 bits per heavy atom. The number of fused-ring (bicyclic) bond motifs is 2. The van der Waals surface area contributed by atoms with Crippen LogP contribution in [-0.4, -0.2) is 32.7 Å². The van der Waals surface area contributed by atoms with E-state index in [9.17, 15) is 13.2 Å². The van der Waals surface area contributed by atoms with E-state index in [2.05, 4.69) is 26.1 Å². The fraction of sp³-hybridized carbons (Fsp3) is 0.650. The van der Waals surface area contributed by atoms with Crippen molar-refractivity contribution in [1.82, 2.24) is 5.32 Å². The summed E-state index contributed by atoms with van der Waals surface area (Å²) in [5.41, 5.74) is 1.65. The lowest BCUT2D eigenvalue weighted by Gasteiger charge is -2.39. The summed E-state index contributed by atoms with van der Waals surface area (Å²) in [5.74, 6) is 0.822. The summed E-state index contributed by atoms with van der Waals surface area (Å²) in [7, 11) is -3.19. The maximum atomic E-state index is 12.7. The summed E-state index contributed by atoms with van der Waals surface area (Å²) in [6.45, 7) is 7.50. The first-order valence-corrected chi connectivity index (χ1v) is 11.2. The highest BCUT2D eigenvalue weighted by molar-refractivity contribution is 7.93. The second-order valence-electron chi connectivity index (χ2n) is 8.93. The number of amides is 1. The van der Waals surface area contributed by atoms with Crippen LogP contribution >= 0.6 is 0 Å².